The second-order valence-corrected chi connectivity index (χ2v) is 8.49. The summed E-state index contributed by atoms with van der Waals surface area (Å²) in [6.45, 7) is 3.89. The second-order valence-electron chi connectivity index (χ2n) is 8.49. The Balaban J connectivity index is 1.53. The number of rotatable bonds is 8. The first-order chi connectivity index (χ1) is 17.8. The number of nitrogens with zero attached hydrogens (tertiary/aromatic N) is 2. The van der Waals surface area contributed by atoms with E-state index >= 15 is 4.39 Å². The lowest BCUT2D eigenvalue weighted by Crippen LogP contribution is -2.31. The van der Waals surface area contributed by atoms with Crippen molar-refractivity contribution in [2.24, 2.45) is 0 Å². The summed E-state index contributed by atoms with van der Waals surface area (Å²) >= 11 is 0. The molecule has 1 fully saturated rings. The van der Waals surface area contributed by atoms with Gasteiger partial charge in [0.25, 0.3) is 0 Å². The minimum absolute atomic E-state index is 0.0608. The Morgan fingerprint density at radius 3 is 2.68 bits per heavy atom. The molecule has 9 nitrogen and oxygen atoms in total. The molecule has 0 bridgehead atoms. The number of hydrogen-bond donors (Lipinski definition) is 3. The number of pyridine rings is 1. The Bertz CT molecular complexity index is 1400. The van der Waals surface area contributed by atoms with Gasteiger partial charge in [0.15, 0.2) is 5.78 Å². The van der Waals surface area contributed by atoms with E-state index in [1.54, 1.807) is 24.3 Å². The van der Waals surface area contributed by atoms with Gasteiger partial charge in [-0.3, -0.25) is 10.1 Å². The van der Waals surface area contributed by atoms with Gasteiger partial charge in [-0.25, -0.2) is 19.0 Å². The van der Waals surface area contributed by atoms with Crippen molar-refractivity contribution in [2.75, 3.05) is 17.2 Å². The molecule has 1 aromatic heterocycles. The van der Waals surface area contributed by atoms with Gasteiger partial charge in [-0.05, 0) is 62.7 Å². The largest absolute Gasteiger partial charge is 0.422 e. The number of amides is 2. The molecule has 2 atom stereocenters. The maximum atomic E-state index is 15.1. The van der Waals surface area contributed by atoms with Crippen LogP contribution in [-0.4, -0.2) is 35.4 Å². The molecule has 1 aliphatic carbocycles. The van der Waals surface area contributed by atoms with Crippen molar-refractivity contribution in [3.05, 3.63) is 82.8 Å². The highest BCUT2D eigenvalue weighted by molar-refractivity contribution is 6.00. The van der Waals surface area contributed by atoms with Crippen molar-refractivity contribution in [2.45, 2.75) is 32.2 Å². The Labute approximate surface area is 212 Å². The third kappa shape index (κ3) is 5.90. The highest BCUT2D eigenvalue weighted by Crippen LogP contribution is 2.47. The van der Waals surface area contributed by atoms with Crippen molar-refractivity contribution < 1.29 is 23.5 Å². The average molecular weight is 502 g/mol. The van der Waals surface area contributed by atoms with Crippen molar-refractivity contribution in [3.8, 4) is 11.8 Å². The Kier molecular flexibility index (Phi) is 7.44. The number of Topliss-reactive ketones (excluding diaryl/α,β-unsaturated/α-hetero) is 1. The van der Waals surface area contributed by atoms with Crippen molar-refractivity contribution >= 4 is 29.3 Å². The quantitative estimate of drug-likeness (QED) is 0.233. The number of esters is 1. The van der Waals surface area contributed by atoms with E-state index in [0.29, 0.717) is 18.5 Å². The summed E-state index contributed by atoms with van der Waals surface area (Å²) in [7, 11) is 0. The fourth-order valence-electron chi connectivity index (χ4n) is 3.95. The molecule has 2 aromatic carbocycles. The van der Waals surface area contributed by atoms with Gasteiger partial charge >= 0.3 is 12.0 Å². The average Bonchev–Trinajstić information content (AvgIpc) is 3.62. The normalized spacial score (nSPS) is 15.7. The van der Waals surface area contributed by atoms with Crippen LogP contribution in [0.2, 0.25) is 0 Å². The summed E-state index contributed by atoms with van der Waals surface area (Å²) in [5.74, 6) is -2.17. The lowest BCUT2D eigenvalue weighted by molar-refractivity contribution is 0.0730. The number of carbonyl (C=O) groups excluding carboxylic acids is 3. The molecule has 188 valence electrons. The molecular formula is C27H24FN5O4. The van der Waals surface area contributed by atoms with Crippen molar-refractivity contribution in [1.82, 2.24) is 10.3 Å². The fraction of sp³-hybridized carbons (Fsp3) is 0.222. The number of ketones is 1. The molecule has 1 heterocycles. The first kappa shape index (κ1) is 25.3. The maximum absolute atomic E-state index is 15.1. The van der Waals surface area contributed by atoms with Crippen LogP contribution < -0.4 is 20.7 Å². The topological polar surface area (TPSA) is 133 Å². The number of anilines is 2. The van der Waals surface area contributed by atoms with Crippen LogP contribution in [0.25, 0.3) is 0 Å². The molecule has 0 saturated heterocycles. The van der Waals surface area contributed by atoms with E-state index in [1.165, 1.54) is 31.3 Å². The zero-order valence-corrected chi connectivity index (χ0v) is 20.2. The van der Waals surface area contributed by atoms with Crippen LogP contribution >= 0.6 is 0 Å². The third-order valence-electron chi connectivity index (χ3n) is 5.81. The summed E-state index contributed by atoms with van der Waals surface area (Å²) in [6, 6.07) is 13.0. The molecule has 3 aromatic rings. The second kappa shape index (κ2) is 10.9. The molecule has 3 N–H and O–H groups in total. The number of hydrogen-bond acceptors (Lipinski definition) is 7. The van der Waals surface area contributed by atoms with Gasteiger partial charge in [0.2, 0.25) is 0 Å². The molecule has 1 aliphatic rings. The van der Waals surface area contributed by atoms with Gasteiger partial charge in [0, 0.05) is 36.0 Å². The predicted molar refractivity (Wildman–Crippen MR) is 134 cm³/mol. The van der Waals surface area contributed by atoms with E-state index in [0.717, 1.165) is 11.8 Å². The zero-order chi connectivity index (χ0) is 26.5. The van der Waals surface area contributed by atoms with Crippen LogP contribution in [0, 0.1) is 17.1 Å². The predicted octanol–water partition coefficient (Wildman–Crippen LogP) is 4.62. The van der Waals surface area contributed by atoms with Crippen LogP contribution in [0.5, 0.6) is 5.75 Å². The first-order valence-electron chi connectivity index (χ1n) is 11.6. The van der Waals surface area contributed by atoms with E-state index in [2.05, 4.69) is 20.9 Å². The van der Waals surface area contributed by atoms with E-state index in [4.69, 9.17) is 10.00 Å². The van der Waals surface area contributed by atoms with Gasteiger partial charge in [-0.1, -0.05) is 6.07 Å². The van der Waals surface area contributed by atoms with Gasteiger partial charge in [-0.2, -0.15) is 5.26 Å². The fourth-order valence-corrected chi connectivity index (χ4v) is 3.95. The van der Waals surface area contributed by atoms with E-state index in [1.807, 2.05) is 13.0 Å². The molecule has 1 saturated carbocycles. The number of nitrogens with one attached hydrogen (secondary N) is 3. The Hall–Kier alpha value is -4.78. The zero-order valence-electron chi connectivity index (χ0n) is 20.2. The molecule has 0 aliphatic heterocycles. The van der Waals surface area contributed by atoms with Crippen LogP contribution in [0.3, 0.4) is 0 Å². The Morgan fingerprint density at radius 1 is 1.19 bits per heavy atom. The standard InChI is InChI=1S/C27H24FN5O4/c1-3-30-18-6-4-5-17(11-18)26(35)37-25-19(15(2)34)8-9-21(28)24(25)20-12-22(20)32-27(36)33-23-10-7-16(13-29)14-31-23/h4-11,14,20,22,30H,3,12H2,1-2H3,(H2,31,32,33,36). The molecular weight excluding hydrogens is 477 g/mol. The SMILES string of the molecule is CCNc1cccc(C(=O)Oc2c(C(C)=O)ccc(F)c2C2CC2NC(=O)Nc2ccc(C#N)cn2)c1. The number of aromatic nitrogens is 1. The highest BCUT2D eigenvalue weighted by atomic mass is 19.1. The van der Waals surface area contributed by atoms with Crippen LogP contribution in [0.4, 0.5) is 20.7 Å². The first-order valence-corrected chi connectivity index (χ1v) is 11.6. The van der Waals surface area contributed by atoms with Gasteiger partial charge in [0.1, 0.15) is 23.5 Å². The van der Waals surface area contributed by atoms with Gasteiger partial charge in [-0.15, -0.1) is 0 Å². The summed E-state index contributed by atoms with van der Waals surface area (Å²) in [6.07, 6.45) is 1.71. The van der Waals surface area contributed by atoms with Crippen molar-refractivity contribution in [3.63, 3.8) is 0 Å². The number of urea groups is 1. The number of benzene rings is 2. The molecule has 10 heteroatoms. The monoisotopic (exact) mass is 501 g/mol. The summed E-state index contributed by atoms with van der Waals surface area (Å²) in [4.78, 5) is 41.7. The van der Waals surface area contributed by atoms with E-state index < -0.39 is 29.8 Å². The van der Waals surface area contributed by atoms with Gasteiger partial charge in [0.05, 0.1) is 16.7 Å². The molecule has 2 amide bonds. The number of ether oxygens (including phenoxy) is 1. The number of nitriles is 1. The van der Waals surface area contributed by atoms with Gasteiger partial charge < -0.3 is 15.4 Å². The molecule has 37 heavy (non-hydrogen) atoms. The molecule has 4 rings (SSSR count). The smallest absolute Gasteiger partial charge is 0.343 e. The molecule has 0 spiro atoms. The van der Waals surface area contributed by atoms with E-state index in [9.17, 15) is 14.4 Å². The number of halogens is 1. The lowest BCUT2D eigenvalue weighted by Gasteiger charge is -2.15. The van der Waals surface area contributed by atoms with Crippen molar-refractivity contribution in [1.29, 1.82) is 5.26 Å². The summed E-state index contributed by atoms with van der Waals surface area (Å²) in [5.41, 5.74) is 1.44. The number of carbonyl (C=O) groups is 3. The van der Waals surface area contributed by atoms with Crippen LogP contribution in [-0.2, 0) is 0 Å². The minimum Gasteiger partial charge on any atom is -0.422 e. The maximum Gasteiger partial charge on any atom is 0.343 e. The third-order valence-corrected chi connectivity index (χ3v) is 5.81. The van der Waals surface area contributed by atoms with Crippen LogP contribution in [0.15, 0.2) is 54.7 Å². The summed E-state index contributed by atoms with van der Waals surface area (Å²) in [5, 5.41) is 17.2. The lowest BCUT2D eigenvalue weighted by atomic mass is 10.0. The van der Waals surface area contributed by atoms with Crippen LogP contribution in [0.1, 0.15) is 58.0 Å². The minimum atomic E-state index is -0.733. The highest BCUT2D eigenvalue weighted by Gasteiger charge is 2.44. The molecule has 0 radical (unpaired) electrons. The van der Waals surface area contributed by atoms with E-state index in [-0.39, 0.29) is 34.0 Å². The summed E-state index contributed by atoms with van der Waals surface area (Å²) < 4.78 is 20.7. The molecule has 2 unspecified atom stereocenters. The Morgan fingerprint density at radius 2 is 2.00 bits per heavy atom.